The number of amides is 2. The van der Waals surface area contributed by atoms with Crippen molar-refractivity contribution in [2.45, 2.75) is 31.8 Å². The first kappa shape index (κ1) is 30.5. The van der Waals surface area contributed by atoms with Gasteiger partial charge in [-0.15, -0.1) is 0 Å². The number of carboxylic acid groups (broad SMARTS) is 1. The van der Waals surface area contributed by atoms with Crippen LogP contribution in [0.3, 0.4) is 0 Å². The Labute approximate surface area is 261 Å². The van der Waals surface area contributed by atoms with Gasteiger partial charge in [-0.3, -0.25) is 14.4 Å². The van der Waals surface area contributed by atoms with Crippen molar-refractivity contribution in [1.82, 2.24) is 4.90 Å². The number of nitrogen functional groups attached to an aromatic ring is 1. The van der Waals surface area contributed by atoms with Crippen molar-refractivity contribution in [2.75, 3.05) is 17.2 Å². The number of nitrogens with zero attached hydrogens (tertiary/aromatic N) is 2. The number of carbonyl (C=O) groups is 3. The number of fused-ring (bicyclic) bond motifs is 1. The molecule has 0 fully saturated rings. The molecule has 2 amide bonds. The topological polar surface area (TPSA) is 104 Å². The SMILES string of the molecule is Nc1cc(Cl)ccc1CN1C(=O)c2cc(Br)ccc2N(CCCCC(=O)O)C(=O)C1c1ccc(Cl)cc1.[NaH]. The Morgan fingerprint density at radius 3 is 2.32 bits per heavy atom. The predicted octanol–water partition coefficient (Wildman–Crippen LogP) is 5.67. The number of aliphatic carboxylic acids is 1. The molecule has 0 saturated heterocycles. The summed E-state index contributed by atoms with van der Waals surface area (Å²) in [4.78, 5) is 42.4. The fraction of sp³-hybridized carbons (Fsp3) is 0.222. The van der Waals surface area contributed by atoms with E-state index in [2.05, 4.69) is 15.9 Å². The molecule has 0 aromatic heterocycles. The molecular formula is C27H25BrCl2N3NaO4. The third-order valence-electron chi connectivity index (χ3n) is 6.21. The number of carbonyl (C=O) groups excluding carboxylic acids is 2. The van der Waals surface area contributed by atoms with Crippen molar-refractivity contribution in [3.05, 3.63) is 91.9 Å². The third kappa shape index (κ3) is 6.92. The number of hydrogen-bond donors (Lipinski definition) is 2. The molecule has 0 saturated carbocycles. The summed E-state index contributed by atoms with van der Waals surface area (Å²) in [5, 5.41) is 10.0. The summed E-state index contributed by atoms with van der Waals surface area (Å²) in [5.74, 6) is -1.54. The van der Waals surface area contributed by atoms with Crippen molar-refractivity contribution in [3.8, 4) is 0 Å². The Hall–Kier alpha value is -2.07. The van der Waals surface area contributed by atoms with Crippen LogP contribution in [0.2, 0.25) is 10.0 Å². The zero-order valence-corrected chi connectivity index (χ0v) is 22.8. The van der Waals surface area contributed by atoms with Crippen LogP contribution in [-0.4, -0.2) is 63.9 Å². The summed E-state index contributed by atoms with van der Waals surface area (Å²) in [6.07, 6.45) is 0.853. The molecular weight excluding hydrogens is 604 g/mol. The quantitative estimate of drug-likeness (QED) is 0.190. The first-order chi connectivity index (χ1) is 17.7. The van der Waals surface area contributed by atoms with Crippen LogP contribution in [-0.2, 0) is 16.1 Å². The van der Waals surface area contributed by atoms with Gasteiger partial charge in [0, 0.05) is 39.7 Å². The number of nitrogens with two attached hydrogens (primary N) is 1. The van der Waals surface area contributed by atoms with E-state index in [9.17, 15) is 14.4 Å². The van der Waals surface area contributed by atoms with Gasteiger partial charge in [0.2, 0.25) is 0 Å². The minimum absolute atomic E-state index is 0. The van der Waals surface area contributed by atoms with E-state index in [1.165, 1.54) is 4.90 Å². The molecule has 0 spiro atoms. The maximum atomic E-state index is 14.2. The Kier molecular flexibility index (Phi) is 10.7. The molecule has 0 aliphatic carbocycles. The van der Waals surface area contributed by atoms with Gasteiger partial charge in [-0.2, -0.15) is 0 Å². The molecule has 3 aromatic rings. The second-order valence-electron chi connectivity index (χ2n) is 8.73. The normalized spacial score (nSPS) is 15.1. The summed E-state index contributed by atoms with van der Waals surface area (Å²) >= 11 is 15.6. The van der Waals surface area contributed by atoms with E-state index < -0.39 is 12.0 Å². The molecule has 1 aliphatic rings. The zero-order valence-electron chi connectivity index (χ0n) is 19.7. The Morgan fingerprint density at radius 2 is 1.66 bits per heavy atom. The molecule has 7 nitrogen and oxygen atoms in total. The summed E-state index contributed by atoms with van der Waals surface area (Å²) in [6.45, 7) is 0.328. The van der Waals surface area contributed by atoms with Gasteiger partial charge in [-0.1, -0.05) is 57.3 Å². The third-order valence-corrected chi connectivity index (χ3v) is 7.19. The average molecular weight is 629 g/mol. The molecule has 1 unspecified atom stereocenters. The van der Waals surface area contributed by atoms with Gasteiger partial charge < -0.3 is 20.6 Å². The van der Waals surface area contributed by atoms with Gasteiger partial charge in [-0.25, -0.2) is 0 Å². The van der Waals surface area contributed by atoms with Gasteiger partial charge in [0.1, 0.15) is 6.04 Å². The second-order valence-corrected chi connectivity index (χ2v) is 10.5. The van der Waals surface area contributed by atoms with Crippen LogP contribution in [0.5, 0.6) is 0 Å². The van der Waals surface area contributed by atoms with Crippen molar-refractivity contribution < 1.29 is 19.5 Å². The molecule has 0 radical (unpaired) electrons. The Balaban J connectivity index is 0.00000400. The molecule has 4 rings (SSSR count). The van der Waals surface area contributed by atoms with Crippen LogP contribution in [0.25, 0.3) is 0 Å². The number of benzene rings is 3. The zero-order chi connectivity index (χ0) is 26.7. The molecule has 194 valence electrons. The molecule has 3 N–H and O–H groups in total. The van der Waals surface area contributed by atoms with E-state index in [-0.39, 0.29) is 60.9 Å². The number of hydrogen-bond acceptors (Lipinski definition) is 4. The van der Waals surface area contributed by atoms with E-state index in [1.807, 2.05) is 0 Å². The van der Waals surface area contributed by atoms with Crippen LogP contribution in [0.15, 0.2) is 65.1 Å². The minimum atomic E-state index is -0.967. The molecule has 1 atom stereocenters. The van der Waals surface area contributed by atoms with Crippen LogP contribution in [0.4, 0.5) is 11.4 Å². The predicted molar refractivity (Wildman–Crippen MR) is 155 cm³/mol. The number of rotatable bonds is 8. The maximum absolute atomic E-state index is 14.2. The monoisotopic (exact) mass is 627 g/mol. The van der Waals surface area contributed by atoms with E-state index in [4.69, 9.17) is 34.0 Å². The van der Waals surface area contributed by atoms with Crippen molar-refractivity contribution >= 4 is 97.8 Å². The first-order valence-corrected chi connectivity index (χ1v) is 13.1. The Morgan fingerprint density at radius 1 is 0.974 bits per heavy atom. The summed E-state index contributed by atoms with van der Waals surface area (Å²) in [6, 6.07) is 16.1. The summed E-state index contributed by atoms with van der Waals surface area (Å²) in [7, 11) is 0. The van der Waals surface area contributed by atoms with Gasteiger partial charge >= 0.3 is 35.5 Å². The van der Waals surface area contributed by atoms with Crippen LogP contribution >= 0.6 is 39.1 Å². The van der Waals surface area contributed by atoms with Crippen LogP contribution < -0.4 is 10.6 Å². The fourth-order valence-electron chi connectivity index (χ4n) is 4.39. The second kappa shape index (κ2) is 13.3. The number of unbranched alkanes of at least 4 members (excludes halogenated alkanes) is 1. The standard InChI is InChI=1S/C27H24BrCl2N3O4.Na.H/c28-18-7-11-23-21(13-18)26(36)33(15-17-6-10-20(30)14-22(17)31)25(16-4-8-19(29)9-5-16)27(37)32(23)12-2-1-3-24(34)35;;/h4-11,13-14,25H,1-3,12,15,31H2,(H,34,35);;. The van der Waals surface area contributed by atoms with Crippen LogP contribution in [0, 0.1) is 0 Å². The first-order valence-electron chi connectivity index (χ1n) is 11.6. The fourth-order valence-corrected chi connectivity index (χ4v) is 5.05. The van der Waals surface area contributed by atoms with E-state index >= 15 is 0 Å². The van der Waals surface area contributed by atoms with Crippen molar-refractivity contribution in [3.63, 3.8) is 0 Å². The van der Waals surface area contributed by atoms with E-state index in [0.29, 0.717) is 55.4 Å². The van der Waals surface area contributed by atoms with E-state index in [0.717, 1.165) is 0 Å². The van der Waals surface area contributed by atoms with Gasteiger partial charge in [0.15, 0.2) is 0 Å². The van der Waals surface area contributed by atoms with Crippen molar-refractivity contribution in [1.29, 1.82) is 0 Å². The summed E-state index contributed by atoms with van der Waals surface area (Å²) in [5.41, 5.74) is 8.70. The average Bonchev–Trinajstić information content (AvgIpc) is 2.93. The summed E-state index contributed by atoms with van der Waals surface area (Å²) < 4.78 is 0.689. The molecule has 11 heteroatoms. The number of halogens is 3. The molecule has 38 heavy (non-hydrogen) atoms. The van der Waals surface area contributed by atoms with Gasteiger partial charge in [0.25, 0.3) is 11.8 Å². The van der Waals surface area contributed by atoms with Crippen LogP contribution in [0.1, 0.15) is 46.8 Å². The Bertz CT molecular complexity index is 1360. The van der Waals surface area contributed by atoms with E-state index in [1.54, 1.807) is 65.6 Å². The van der Waals surface area contributed by atoms with Gasteiger partial charge in [0.05, 0.1) is 11.3 Å². The molecule has 1 aliphatic heterocycles. The molecule has 3 aromatic carbocycles. The number of carboxylic acids is 1. The molecule has 1 heterocycles. The van der Waals surface area contributed by atoms with Crippen molar-refractivity contribution in [2.24, 2.45) is 0 Å². The van der Waals surface area contributed by atoms with Gasteiger partial charge in [-0.05, 0) is 66.4 Å². The molecule has 0 bridgehead atoms. The number of anilines is 2.